The van der Waals surface area contributed by atoms with Gasteiger partial charge in [-0.25, -0.2) is 4.98 Å². The van der Waals surface area contributed by atoms with Crippen LogP contribution in [0.4, 0.5) is 5.00 Å². The second-order valence-electron chi connectivity index (χ2n) is 7.04. The first-order chi connectivity index (χ1) is 13.3. The van der Waals surface area contributed by atoms with Crippen LogP contribution in [0.5, 0.6) is 0 Å². The summed E-state index contributed by atoms with van der Waals surface area (Å²) in [6, 6.07) is 9.59. The summed E-state index contributed by atoms with van der Waals surface area (Å²) < 4.78 is 0. The predicted molar refractivity (Wildman–Crippen MR) is 116 cm³/mol. The molecule has 2 heterocycles. The van der Waals surface area contributed by atoms with Gasteiger partial charge in [0.15, 0.2) is 0 Å². The van der Waals surface area contributed by atoms with E-state index >= 15 is 0 Å². The summed E-state index contributed by atoms with van der Waals surface area (Å²) in [6.45, 7) is 8.00. The average molecular weight is 414 g/mol. The summed E-state index contributed by atoms with van der Waals surface area (Å²) >= 11 is 2.76. The molecule has 2 aromatic heterocycles. The molecule has 0 aliphatic carbocycles. The molecule has 3 aromatic rings. The minimum atomic E-state index is -0.556. The summed E-state index contributed by atoms with van der Waals surface area (Å²) in [4.78, 5) is 31.1. The number of aromatic nitrogens is 1. The van der Waals surface area contributed by atoms with Gasteiger partial charge < -0.3 is 11.1 Å². The molecule has 146 valence electrons. The van der Waals surface area contributed by atoms with Crippen molar-refractivity contribution in [2.45, 2.75) is 34.1 Å². The molecule has 5 nitrogen and oxygen atoms in total. The van der Waals surface area contributed by atoms with E-state index in [4.69, 9.17) is 5.73 Å². The molecule has 0 saturated carbocycles. The van der Waals surface area contributed by atoms with Crippen LogP contribution in [0.15, 0.2) is 30.3 Å². The number of nitrogens with zero attached hydrogens (tertiary/aromatic N) is 1. The van der Waals surface area contributed by atoms with Crippen molar-refractivity contribution in [2.75, 3.05) is 5.32 Å². The van der Waals surface area contributed by atoms with Crippen LogP contribution in [0.25, 0.3) is 11.1 Å². The molecule has 3 N–H and O–H groups in total. The zero-order chi connectivity index (χ0) is 20.4. The van der Waals surface area contributed by atoms with Gasteiger partial charge in [0.2, 0.25) is 0 Å². The van der Waals surface area contributed by atoms with Crippen molar-refractivity contribution in [3.8, 4) is 11.1 Å². The molecule has 2 amide bonds. The van der Waals surface area contributed by atoms with Gasteiger partial charge in [-0.3, -0.25) is 9.59 Å². The number of aryl methyl sites for hydroxylation is 2. The predicted octanol–water partition coefficient (Wildman–Crippen LogP) is 5.04. The monoisotopic (exact) mass is 413 g/mol. The molecule has 0 saturated heterocycles. The first-order valence-corrected chi connectivity index (χ1v) is 10.7. The summed E-state index contributed by atoms with van der Waals surface area (Å²) in [7, 11) is 0. The van der Waals surface area contributed by atoms with E-state index in [0.717, 1.165) is 27.4 Å². The van der Waals surface area contributed by atoms with Crippen LogP contribution in [-0.4, -0.2) is 16.8 Å². The Morgan fingerprint density at radius 2 is 1.82 bits per heavy atom. The van der Waals surface area contributed by atoms with E-state index in [1.807, 2.05) is 44.2 Å². The smallest absolute Gasteiger partial charge is 0.268 e. The lowest BCUT2D eigenvalue weighted by Gasteiger charge is -2.06. The molecule has 0 atom stereocenters. The Hall–Kier alpha value is -2.51. The summed E-state index contributed by atoms with van der Waals surface area (Å²) in [5.74, 6) is -0.343. The van der Waals surface area contributed by atoms with Gasteiger partial charge in [0.1, 0.15) is 9.88 Å². The summed E-state index contributed by atoms with van der Waals surface area (Å²) in [5, 5.41) is 4.32. The highest BCUT2D eigenvalue weighted by atomic mass is 32.1. The highest BCUT2D eigenvalue weighted by Crippen LogP contribution is 2.40. The number of rotatable bonds is 6. The molecule has 0 aliphatic heterocycles. The topological polar surface area (TPSA) is 85.1 Å². The number of benzene rings is 1. The van der Waals surface area contributed by atoms with Gasteiger partial charge in [0.25, 0.3) is 11.8 Å². The van der Waals surface area contributed by atoms with Crippen molar-refractivity contribution in [3.63, 3.8) is 0 Å². The summed E-state index contributed by atoms with van der Waals surface area (Å²) in [6.07, 6.45) is 0.835. The number of hydrogen-bond acceptors (Lipinski definition) is 5. The Bertz CT molecular complexity index is 1020. The first kappa shape index (κ1) is 20.2. The lowest BCUT2D eigenvalue weighted by molar-refractivity contribution is 0.100. The fourth-order valence-corrected chi connectivity index (χ4v) is 5.33. The molecule has 0 aliphatic rings. The third kappa shape index (κ3) is 4.15. The Morgan fingerprint density at radius 3 is 2.43 bits per heavy atom. The molecule has 0 fully saturated rings. The van der Waals surface area contributed by atoms with Crippen LogP contribution in [0.2, 0.25) is 0 Å². The third-order valence-corrected chi connectivity index (χ3v) is 6.45. The maximum Gasteiger partial charge on any atom is 0.268 e. The number of carbonyl (C=O) groups excluding carboxylic acids is 2. The van der Waals surface area contributed by atoms with E-state index in [0.29, 0.717) is 27.1 Å². The van der Waals surface area contributed by atoms with Gasteiger partial charge in [-0.15, -0.1) is 22.7 Å². The van der Waals surface area contributed by atoms with E-state index in [-0.39, 0.29) is 5.91 Å². The van der Waals surface area contributed by atoms with Crippen molar-refractivity contribution in [3.05, 3.63) is 56.4 Å². The molecule has 28 heavy (non-hydrogen) atoms. The third-order valence-electron chi connectivity index (χ3n) is 4.25. The van der Waals surface area contributed by atoms with Crippen LogP contribution in [0.1, 0.15) is 49.5 Å². The second kappa shape index (κ2) is 8.24. The lowest BCUT2D eigenvalue weighted by Crippen LogP contribution is -2.17. The Morgan fingerprint density at radius 1 is 1.14 bits per heavy atom. The first-order valence-electron chi connectivity index (χ1n) is 9.04. The van der Waals surface area contributed by atoms with Crippen LogP contribution >= 0.6 is 22.7 Å². The van der Waals surface area contributed by atoms with E-state index < -0.39 is 5.91 Å². The zero-order valence-corrected chi connectivity index (χ0v) is 18.0. The van der Waals surface area contributed by atoms with Gasteiger partial charge in [0.05, 0.1) is 16.3 Å². The van der Waals surface area contributed by atoms with Crippen LogP contribution in [-0.2, 0) is 6.42 Å². The number of nitrogens with two attached hydrogens (primary N) is 1. The van der Waals surface area contributed by atoms with Crippen molar-refractivity contribution < 1.29 is 9.59 Å². The fraction of sp³-hybridized carbons (Fsp3) is 0.286. The standard InChI is InChI=1S/C21H23N3O2S2/c1-11(2)10-15-23-12(3)18(28-15)20(26)24-21-17(19(22)25)16(13(4)27-21)14-8-6-5-7-9-14/h5-9,11H,10H2,1-4H3,(H2,22,25)(H,24,26). The van der Waals surface area contributed by atoms with Gasteiger partial charge >= 0.3 is 0 Å². The van der Waals surface area contributed by atoms with Crippen molar-refractivity contribution >= 4 is 39.5 Å². The van der Waals surface area contributed by atoms with E-state index in [1.54, 1.807) is 0 Å². The minimum absolute atomic E-state index is 0.256. The van der Waals surface area contributed by atoms with E-state index in [2.05, 4.69) is 24.1 Å². The Labute approximate surface area is 172 Å². The maximum atomic E-state index is 12.9. The molecular formula is C21H23N3O2S2. The molecule has 0 unspecified atom stereocenters. The SMILES string of the molecule is Cc1nc(CC(C)C)sc1C(=O)Nc1sc(C)c(-c2ccccc2)c1C(N)=O. The van der Waals surface area contributed by atoms with E-state index in [1.165, 1.54) is 22.7 Å². The maximum absolute atomic E-state index is 12.9. The molecule has 0 radical (unpaired) electrons. The molecular weight excluding hydrogens is 390 g/mol. The fourth-order valence-electron chi connectivity index (χ4n) is 3.08. The Kier molecular flexibility index (Phi) is 5.96. The molecule has 1 aromatic carbocycles. The number of carbonyl (C=O) groups is 2. The quantitative estimate of drug-likeness (QED) is 0.594. The second-order valence-corrected chi connectivity index (χ2v) is 9.35. The molecule has 3 rings (SSSR count). The highest BCUT2D eigenvalue weighted by molar-refractivity contribution is 7.17. The van der Waals surface area contributed by atoms with Gasteiger partial charge in [-0.1, -0.05) is 44.2 Å². The molecule has 7 heteroatoms. The van der Waals surface area contributed by atoms with Gasteiger partial charge in [-0.05, 0) is 25.3 Å². The minimum Gasteiger partial charge on any atom is -0.365 e. The van der Waals surface area contributed by atoms with Crippen molar-refractivity contribution in [2.24, 2.45) is 11.7 Å². The van der Waals surface area contributed by atoms with Gasteiger partial charge in [0, 0.05) is 16.9 Å². The van der Waals surface area contributed by atoms with Crippen molar-refractivity contribution in [1.29, 1.82) is 0 Å². The van der Waals surface area contributed by atoms with Crippen LogP contribution in [0, 0.1) is 19.8 Å². The zero-order valence-electron chi connectivity index (χ0n) is 16.3. The number of thiazole rings is 1. The largest absolute Gasteiger partial charge is 0.365 e. The number of nitrogens with one attached hydrogen (secondary N) is 1. The van der Waals surface area contributed by atoms with Crippen LogP contribution in [0.3, 0.4) is 0 Å². The average Bonchev–Trinajstić information content (AvgIpc) is 3.14. The molecule has 0 spiro atoms. The number of thiophene rings is 1. The lowest BCUT2D eigenvalue weighted by atomic mass is 10.0. The highest BCUT2D eigenvalue weighted by Gasteiger charge is 2.24. The van der Waals surface area contributed by atoms with Crippen LogP contribution < -0.4 is 11.1 Å². The normalized spacial score (nSPS) is 11.0. The number of anilines is 1. The number of amides is 2. The molecule has 0 bridgehead atoms. The van der Waals surface area contributed by atoms with Crippen molar-refractivity contribution in [1.82, 2.24) is 4.98 Å². The summed E-state index contributed by atoms with van der Waals surface area (Å²) in [5.41, 5.74) is 8.41. The number of hydrogen-bond donors (Lipinski definition) is 2. The van der Waals surface area contributed by atoms with Gasteiger partial charge in [-0.2, -0.15) is 0 Å². The number of primary amides is 1. The Balaban J connectivity index is 1.96. The van der Waals surface area contributed by atoms with E-state index in [9.17, 15) is 9.59 Å².